The van der Waals surface area contributed by atoms with Gasteiger partial charge < -0.3 is 27.9 Å². The highest BCUT2D eigenvalue weighted by molar-refractivity contribution is 7.47. The highest BCUT2D eigenvalue weighted by Gasteiger charge is 2.24. The van der Waals surface area contributed by atoms with Crippen LogP contribution < -0.4 is 10.9 Å². The van der Waals surface area contributed by atoms with Crippen LogP contribution in [0.3, 0.4) is 0 Å². The molecule has 0 bridgehead atoms. The van der Waals surface area contributed by atoms with Crippen LogP contribution in [0.2, 0.25) is 0 Å². The maximum atomic E-state index is 12.4. The Kier molecular flexibility index (Phi) is 19.7. The monoisotopic (exact) mass is 675 g/mol. The van der Waals surface area contributed by atoms with E-state index in [2.05, 4.69) is 20.3 Å². The number of ether oxygens (including phenoxy) is 2. The molecular formula is C28H51N7O8P2. The standard InChI is InChI=1S/C19H32N5O6P.C9H19N2O2P/c1-7-13(30-8-9-31(28-5)29-6)10-14(27-4)24-11-20-15-16(24)21-19(23-18(15)26)22-17(25)12(2)3;1-8(2)11(9(3)4)14(12)13-7-5-6-10/h11-14H,7-10H2,1-6H3,(H2,21,22,23,25,26);8-9,12H,5,7H2,1-4H3. The van der Waals surface area contributed by atoms with Crippen molar-refractivity contribution in [3.63, 3.8) is 0 Å². The molecule has 0 spiro atoms. The lowest BCUT2D eigenvalue weighted by Gasteiger charge is -2.32. The van der Waals surface area contributed by atoms with Crippen molar-refractivity contribution in [2.45, 2.75) is 92.1 Å². The number of methoxy groups -OCH3 is 1. The van der Waals surface area contributed by atoms with Gasteiger partial charge in [0.25, 0.3) is 14.1 Å². The molecule has 2 aromatic heterocycles. The van der Waals surface area contributed by atoms with Crippen LogP contribution in [0.15, 0.2) is 11.1 Å². The Morgan fingerprint density at radius 3 is 2.31 bits per heavy atom. The third kappa shape index (κ3) is 13.6. The number of hydrogen-bond acceptors (Lipinski definition) is 12. The van der Waals surface area contributed by atoms with Gasteiger partial charge in [0.15, 0.2) is 19.5 Å². The van der Waals surface area contributed by atoms with Gasteiger partial charge in [-0.05, 0) is 34.1 Å². The minimum Gasteiger partial charge on any atom is -0.378 e. The van der Waals surface area contributed by atoms with Crippen molar-refractivity contribution in [2.24, 2.45) is 5.92 Å². The van der Waals surface area contributed by atoms with Crippen LogP contribution in [0.1, 0.15) is 74.0 Å². The highest BCUT2D eigenvalue weighted by Crippen LogP contribution is 2.40. The van der Waals surface area contributed by atoms with Crippen molar-refractivity contribution in [1.82, 2.24) is 24.2 Å². The van der Waals surface area contributed by atoms with E-state index >= 15 is 0 Å². The van der Waals surface area contributed by atoms with Crippen molar-refractivity contribution in [3.05, 3.63) is 16.7 Å². The number of H-pyrrole nitrogens is 1. The first-order chi connectivity index (χ1) is 21.3. The van der Waals surface area contributed by atoms with Crippen LogP contribution in [-0.2, 0) is 27.8 Å². The molecule has 2 aromatic rings. The number of carbonyl (C=O) groups excluding carboxylic acids is 1. The zero-order valence-electron chi connectivity index (χ0n) is 28.1. The zero-order valence-corrected chi connectivity index (χ0v) is 29.9. The van der Waals surface area contributed by atoms with E-state index < -0.39 is 28.7 Å². The number of nitrogens with one attached hydrogen (secondary N) is 2. The van der Waals surface area contributed by atoms with Crippen LogP contribution in [0, 0.1) is 17.2 Å². The SMILES string of the molecule is CC(C)N(C(C)C)P(O)OCCC#N.CCC(CC(OC)n1cnc2c(=O)[nH]c(NC(=O)C(C)C)nc21)OCCP(OC)OC. The molecule has 3 atom stereocenters. The average molecular weight is 676 g/mol. The molecule has 2 heterocycles. The predicted molar refractivity (Wildman–Crippen MR) is 176 cm³/mol. The number of hydrogen-bond donors (Lipinski definition) is 3. The molecule has 0 aliphatic heterocycles. The van der Waals surface area contributed by atoms with E-state index in [0.717, 1.165) is 6.42 Å². The molecule has 3 N–H and O–H groups in total. The third-order valence-corrected chi connectivity index (χ3v) is 9.51. The molecule has 0 aliphatic carbocycles. The fraction of sp³-hybridized carbons (Fsp3) is 0.750. The largest absolute Gasteiger partial charge is 0.378 e. The molecule has 0 aliphatic rings. The molecule has 0 fully saturated rings. The normalized spacial score (nSPS) is 13.8. The van der Waals surface area contributed by atoms with Crippen LogP contribution in [0.25, 0.3) is 11.2 Å². The van der Waals surface area contributed by atoms with Crippen LogP contribution in [0.4, 0.5) is 5.95 Å². The Labute approximate surface area is 268 Å². The van der Waals surface area contributed by atoms with Gasteiger partial charge in [0.05, 0.1) is 38.1 Å². The molecule has 1 amide bonds. The summed E-state index contributed by atoms with van der Waals surface area (Å²) in [5.41, 5.74) is 0.0598. The summed E-state index contributed by atoms with van der Waals surface area (Å²) in [6, 6.07) is 2.46. The first kappa shape index (κ1) is 40.9. The fourth-order valence-corrected chi connectivity index (χ4v) is 6.09. The summed E-state index contributed by atoms with van der Waals surface area (Å²) in [6.45, 7) is 14.4. The summed E-state index contributed by atoms with van der Waals surface area (Å²) in [7, 11) is 2.31. The molecule has 0 saturated heterocycles. The third-order valence-electron chi connectivity index (χ3n) is 6.41. The van der Waals surface area contributed by atoms with Crippen LogP contribution in [-0.4, -0.2) is 93.9 Å². The minimum absolute atomic E-state index is 0.0728. The summed E-state index contributed by atoms with van der Waals surface area (Å²) in [6.07, 6.45) is 3.26. The highest BCUT2D eigenvalue weighted by atomic mass is 31.2. The van der Waals surface area contributed by atoms with E-state index in [1.165, 1.54) is 6.33 Å². The van der Waals surface area contributed by atoms with E-state index in [0.29, 0.717) is 37.9 Å². The smallest absolute Gasteiger partial charge is 0.280 e. The van der Waals surface area contributed by atoms with Gasteiger partial charge in [0.2, 0.25) is 11.9 Å². The number of fused-ring (bicyclic) bond motifs is 1. The Morgan fingerprint density at radius 1 is 1.16 bits per heavy atom. The number of anilines is 1. The van der Waals surface area contributed by atoms with Gasteiger partial charge >= 0.3 is 0 Å². The number of aromatic nitrogens is 4. The maximum absolute atomic E-state index is 12.4. The quantitative estimate of drug-likeness (QED) is 0.135. The fourth-order valence-electron chi connectivity index (χ4n) is 4.14. The summed E-state index contributed by atoms with van der Waals surface area (Å²) in [4.78, 5) is 45.2. The number of nitrogens with zero attached hydrogens (tertiary/aromatic N) is 5. The van der Waals surface area contributed by atoms with Gasteiger partial charge in [0.1, 0.15) is 6.23 Å². The topological polar surface area (TPSA) is 186 Å². The van der Waals surface area contributed by atoms with E-state index in [9.17, 15) is 14.5 Å². The number of nitriles is 1. The summed E-state index contributed by atoms with van der Waals surface area (Å²) >= 11 is 0. The first-order valence-electron chi connectivity index (χ1n) is 14.9. The Hall–Kier alpha value is -2.11. The number of rotatable bonds is 19. The predicted octanol–water partition coefficient (Wildman–Crippen LogP) is 4.90. The van der Waals surface area contributed by atoms with Gasteiger partial charge in [-0.25, -0.2) is 9.65 Å². The second-order valence-electron chi connectivity index (χ2n) is 10.7. The summed E-state index contributed by atoms with van der Waals surface area (Å²) in [5, 5.41) is 10.9. The molecule has 15 nitrogen and oxygen atoms in total. The molecule has 3 unspecified atom stereocenters. The van der Waals surface area contributed by atoms with Crippen molar-refractivity contribution >= 4 is 39.9 Å². The van der Waals surface area contributed by atoms with Gasteiger partial charge in [-0.2, -0.15) is 10.2 Å². The second-order valence-corrected chi connectivity index (χ2v) is 13.8. The number of imidazole rings is 1. The average Bonchev–Trinajstić information content (AvgIpc) is 3.41. The number of carbonyl (C=O) groups is 1. The zero-order chi connectivity index (χ0) is 34.1. The Morgan fingerprint density at radius 2 is 1.80 bits per heavy atom. The van der Waals surface area contributed by atoms with Crippen LogP contribution in [0.5, 0.6) is 0 Å². The van der Waals surface area contributed by atoms with Crippen molar-refractivity contribution < 1.29 is 32.7 Å². The molecular weight excluding hydrogens is 624 g/mol. The van der Waals surface area contributed by atoms with Gasteiger partial charge in [-0.3, -0.25) is 24.5 Å². The Balaban J connectivity index is 0.000000609. The van der Waals surface area contributed by atoms with Crippen LogP contribution >= 0.6 is 16.9 Å². The molecule has 0 aromatic carbocycles. The maximum Gasteiger partial charge on any atom is 0.280 e. The van der Waals surface area contributed by atoms with Gasteiger partial charge in [0, 0.05) is 51.9 Å². The van der Waals surface area contributed by atoms with Crippen molar-refractivity contribution in [2.75, 3.05) is 46.0 Å². The van der Waals surface area contributed by atoms with E-state index in [1.54, 1.807) is 39.7 Å². The molecule has 256 valence electrons. The molecule has 45 heavy (non-hydrogen) atoms. The molecule has 2 rings (SSSR count). The lowest BCUT2D eigenvalue weighted by molar-refractivity contribution is -0.118. The second kappa shape index (κ2) is 21.6. The number of aromatic amines is 1. The summed E-state index contributed by atoms with van der Waals surface area (Å²) < 4.78 is 30.9. The summed E-state index contributed by atoms with van der Waals surface area (Å²) in [5.74, 6) is -0.427. The van der Waals surface area contributed by atoms with Crippen molar-refractivity contribution in [1.29, 1.82) is 5.26 Å². The molecule has 0 radical (unpaired) electrons. The van der Waals surface area contributed by atoms with Gasteiger partial charge in [-0.15, -0.1) is 0 Å². The lowest BCUT2D eigenvalue weighted by atomic mass is 10.2. The Bertz CT molecular complexity index is 1230. The minimum atomic E-state index is -1.55. The van der Waals surface area contributed by atoms with Gasteiger partial charge in [-0.1, -0.05) is 20.8 Å². The van der Waals surface area contributed by atoms with Crippen molar-refractivity contribution in [3.8, 4) is 6.07 Å². The molecule has 17 heteroatoms. The van der Waals surface area contributed by atoms with E-state index in [-0.39, 0.29) is 41.5 Å². The lowest BCUT2D eigenvalue weighted by Crippen LogP contribution is -2.32. The van der Waals surface area contributed by atoms with E-state index in [4.69, 9.17) is 28.3 Å². The first-order valence-corrected chi connectivity index (χ1v) is 17.4. The number of amides is 1. The van der Waals surface area contributed by atoms with E-state index in [1.807, 2.05) is 45.4 Å². The molecule has 0 saturated carbocycles.